The van der Waals surface area contributed by atoms with Gasteiger partial charge in [0.2, 0.25) is 5.88 Å². The maximum atomic E-state index is 12.5. The molecule has 3 rings (SSSR count). The molecule has 2 aromatic carbocycles. The third-order valence-electron chi connectivity index (χ3n) is 4.04. The number of carbonyl (C=O) groups excluding carboxylic acids is 1. The monoisotopic (exact) mass is 426 g/mol. The SMILES string of the molecule is Cc1nn(C(C)(C)C)c(OC(=O)C=Cc2ccccc2)c1Sc1ccc(Cl)cc1. The number of aryl methyl sites for hydroxylation is 1. The first kappa shape index (κ1) is 21.2. The molecule has 0 aliphatic heterocycles. The first-order chi connectivity index (χ1) is 13.7. The van der Waals surface area contributed by atoms with Crippen LogP contribution in [0.1, 0.15) is 32.0 Å². The molecule has 29 heavy (non-hydrogen) atoms. The Hall–Kier alpha value is -2.50. The summed E-state index contributed by atoms with van der Waals surface area (Å²) in [5.41, 5.74) is 1.39. The normalized spacial score (nSPS) is 11.8. The highest BCUT2D eigenvalue weighted by Gasteiger charge is 2.26. The van der Waals surface area contributed by atoms with Crippen LogP contribution in [0.2, 0.25) is 5.02 Å². The third kappa shape index (κ3) is 5.52. The first-order valence-electron chi connectivity index (χ1n) is 9.22. The lowest BCUT2D eigenvalue weighted by atomic mass is 10.1. The van der Waals surface area contributed by atoms with E-state index in [9.17, 15) is 4.79 Å². The van der Waals surface area contributed by atoms with Crippen molar-refractivity contribution in [2.45, 2.75) is 43.0 Å². The molecular weight excluding hydrogens is 404 g/mol. The summed E-state index contributed by atoms with van der Waals surface area (Å²) in [6, 6.07) is 17.2. The van der Waals surface area contributed by atoms with Crippen LogP contribution in [-0.4, -0.2) is 15.7 Å². The zero-order chi connectivity index (χ0) is 21.0. The van der Waals surface area contributed by atoms with Crippen LogP contribution in [-0.2, 0) is 10.3 Å². The summed E-state index contributed by atoms with van der Waals surface area (Å²) in [6.07, 6.45) is 3.17. The van der Waals surface area contributed by atoms with Crippen molar-refractivity contribution in [3.63, 3.8) is 0 Å². The lowest BCUT2D eigenvalue weighted by Crippen LogP contribution is -2.25. The second-order valence-electron chi connectivity index (χ2n) is 7.52. The van der Waals surface area contributed by atoms with E-state index in [2.05, 4.69) is 5.10 Å². The van der Waals surface area contributed by atoms with Crippen molar-refractivity contribution in [3.8, 4) is 5.88 Å². The van der Waals surface area contributed by atoms with E-state index in [1.807, 2.05) is 82.3 Å². The maximum absolute atomic E-state index is 12.5. The number of hydrogen-bond donors (Lipinski definition) is 0. The number of aromatic nitrogens is 2. The van der Waals surface area contributed by atoms with Crippen molar-refractivity contribution < 1.29 is 9.53 Å². The van der Waals surface area contributed by atoms with Gasteiger partial charge in [0, 0.05) is 16.0 Å². The van der Waals surface area contributed by atoms with Gasteiger partial charge in [-0.2, -0.15) is 5.10 Å². The van der Waals surface area contributed by atoms with Crippen LogP contribution in [0.3, 0.4) is 0 Å². The summed E-state index contributed by atoms with van der Waals surface area (Å²) in [5.74, 6) is -0.00475. The largest absolute Gasteiger partial charge is 0.403 e. The van der Waals surface area contributed by atoms with Crippen molar-refractivity contribution in [2.75, 3.05) is 0 Å². The van der Waals surface area contributed by atoms with Crippen LogP contribution in [0.4, 0.5) is 0 Å². The van der Waals surface area contributed by atoms with Crippen molar-refractivity contribution in [1.29, 1.82) is 0 Å². The van der Waals surface area contributed by atoms with Gasteiger partial charge in [-0.3, -0.25) is 0 Å². The Morgan fingerprint density at radius 1 is 1.10 bits per heavy atom. The lowest BCUT2D eigenvalue weighted by Gasteiger charge is -2.21. The van der Waals surface area contributed by atoms with Crippen molar-refractivity contribution in [1.82, 2.24) is 9.78 Å². The summed E-state index contributed by atoms with van der Waals surface area (Å²) in [6.45, 7) is 7.98. The van der Waals surface area contributed by atoms with Crippen LogP contribution < -0.4 is 4.74 Å². The predicted molar refractivity (Wildman–Crippen MR) is 119 cm³/mol. The summed E-state index contributed by atoms with van der Waals surface area (Å²) in [5, 5.41) is 5.31. The molecule has 1 heterocycles. The molecule has 150 valence electrons. The number of ether oxygens (including phenoxy) is 1. The Kier molecular flexibility index (Phi) is 6.50. The van der Waals surface area contributed by atoms with Crippen LogP contribution in [0, 0.1) is 6.92 Å². The Balaban J connectivity index is 1.91. The molecular formula is C23H23ClN2O2S. The van der Waals surface area contributed by atoms with Gasteiger partial charge in [0.05, 0.1) is 16.1 Å². The summed E-state index contributed by atoms with van der Waals surface area (Å²) < 4.78 is 7.53. The molecule has 0 saturated heterocycles. The molecule has 0 amide bonds. The highest BCUT2D eigenvalue weighted by molar-refractivity contribution is 7.99. The Morgan fingerprint density at radius 3 is 2.38 bits per heavy atom. The number of benzene rings is 2. The fourth-order valence-electron chi connectivity index (χ4n) is 2.63. The van der Waals surface area contributed by atoms with E-state index in [1.54, 1.807) is 10.8 Å². The molecule has 0 unspecified atom stereocenters. The summed E-state index contributed by atoms with van der Waals surface area (Å²) in [4.78, 5) is 14.3. The maximum Gasteiger partial charge on any atom is 0.337 e. The summed E-state index contributed by atoms with van der Waals surface area (Å²) in [7, 11) is 0. The molecule has 4 nitrogen and oxygen atoms in total. The van der Waals surface area contributed by atoms with Crippen LogP contribution >= 0.6 is 23.4 Å². The number of rotatable bonds is 5. The Morgan fingerprint density at radius 2 is 1.76 bits per heavy atom. The third-order valence-corrected chi connectivity index (χ3v) is 5.48. The van der Waals surface area contributed by atoms with Gasteiger partial charge in [-0.15, -0.1) is 0 Å². The van der Waals surface area contributed by atoms with E-state index in [0.717, 1.165) is 21.0 Å². The lowest BCUT2D eigenvalue weighted by molar-refractivity contribution is -0.129. The fourth-order valence-corrected chi connectivity index (χ4v) is 3.67. The van der Waals surface area contributed by atoms with Crippen molar-refractivity contribution in [2.24, 2.45) is 0 Å². The molecule has 0 atom stereocenters. The van der Waals surface area contributed by atoms with E-state index in [-0.39, 0.29) is 5.54 Å². The highest BCUT2D eigenvalue weighted by Crippen LogP contribution is 2.40. The number of carbonyl (C=O) groups is 1. The smallest absolute Gasteiger partial charge is 0.337 e. The van der Waals surface area contributed by atoms with E-state index in [4.69, 9.17) is 16.3 Å². The minimum atomic E-state index is -0.447. The zero-order valence-electron chi connectivity index (χ0n) is 16.8. The van der Waals surface area contributed by atoms with E-state index < -0.39 is 5.97 Å². The Labute approximate surface area is 180 Å². The van der Waals surface area contributed by atoms with E-state index in [0.29, 0.717) is 10.9 Å². The van der Waals surface area contributed by atoms with Crippen LogP contribution in [0.25, 0.3) is 6.08 Å². The van der Waals surface area contributed by atoms with Gasteiger partial charge in [0.15, 0.2) is 0 Å². The predicted octanol–water partition coefficient (Wildman–Crippen LogP) is 6.37. The molecule has 0 N–H and O–H groups in total. The van der Waals surface area contributed by atoms with E-state index in [1.165, 1.54) is 17.8 Å². The topological polar surface area (TPSA) is 44.1 Å². The second kappa shape index (κ2) is 8.89. The molecule has 0 bridgehead atoms. The minimum absolute atomic E-state index is 0.345. The van der Waals surface area contributed by atoms with Crippen LogP contribution in [0.15, 0.2) is 70.5 Å². The van der Waals surface area contributed by atoms with Gasteiger partial charge >= 0.3 is 5.97 Å². The summed E-state index contributed by atoms with van der Waals surface area (Å²) >= 11 is 7.49. The van der Waals surface area contributed by atoms with Crippen LogP contribution in [0.5, 0.6) is 5.88 Å². The quantitative estimate of drug-likeness (QED) is 0.351. The molecule has 0 radical (unpaired) electrons. The van der Waals surface area contributed by atoms with E-state index >= 15 is 0 Å². The zero-order valence-corrected chi connectivity index (χ0v) is 18.4. The van der Waals surface area contributed by atoms with Gasteiger partial charge in [-0.25, -0.2) is 9.48 Å². The molecule has 3 aromatic rings. The highest BCUT2D eigenvalue weighted by atomic mass is 35.5. The average molecular weight is 427 g/mol. The standard InChI is InChI=1S/C23H23ClN2O2S/c1-16-21(29-19-13-11-18(24)12-14-19)22(26(25-16)23(2,3)4)28-20(27)15-10-17-8-6-5-7-9-17/h5-15H,1-4H3. The van der Waals surface area contributed by atoms with Gasteiger partial charge in [0.1, 0.15) is 0 Å². The first-order valence-corrected chi connectivity index (χ1v) is 10.4. The number of nitrogens with zero attached hydrogens (tertiary/aromatic N) is 2. The van der Waals surface area contributed by atoms with Crippen molar-refractivity contribution >= 4 is 35.4 Å². The molecule has 0 aliphatic carbocycles. The molecule has 6 heteroatoms. The van der Waals surface area contributed by atoms with Crippen molar-refractivity contribution in [3.05, 3.63) is 77.0 Å². The molecule has 0 aliphatic rings. The fraction of sp³-hybridized carbons (Fsp3) is 0.217. The van der Waals surface area contributed by atoms with Gasteiger partial charge in [-0.05, 0) is 63.6 Å². The number of hydrogen-bond acceptors (Lipinski definition) is 4. The molecule has 0 spiro atoms. The Bertz CT molecular complexity index is 1020. The molecule has 0 saturated carbocycles. The number of esters is 1. The molecule has 1 aromatic heterocycles. The average Bonchev–Trinajstić information content (AvgIpc) is 2.99. The van der Waals surface area contributed by atoms with Gasteiger partial charge < -0.3 is 4.74 Å². The minimum Gasteiger partial charge on any atom is -0.403 e. The molecule has 0 fully saturated rings. The second-order valence-corrected chi connectivity index (χ2v) is 9.04. The van der Waals surface area contributed by atoms with Gasteiger partial charge in [-0.1, -0.05) is 53.7 Å². The number of halogens is 1. The van der Waals surface area contributed by atoms with Gasteiger partial charge in [0.25, 0.3) is 0 Å².